The molecule has 3 rings (SSSR count). The summed E-state index contributed by atoms with van der Waals surface area (Å²) in [6, 6.07) is 0. The monoisotopic (exact) mass is 253 g/mol. The van der Waals surface area contributed by atoms with Crippen molar-refractivity contribution in [1.82, 2.24) is 5.32 Å². The summed E-state index contributed by atoms with van der Waals surface area (Å²) in [6.07, 6.45) is 8.92. The van der Waals surface area contributed by atoms with Crippen LogP contribution in [0.1, 0.15) is 38.5 Å². The maximum atomic E-state index is 6.14. The minimum absolute atomic E-state index is 0.452. The van der Waals surface area contributed by atoms with Gasteiger partial charge >= 0.3 is 0 Å². The Morgan fingerprint density at radius 3 is 2.72 bits per heavy atom. The van der Waals surface area contributed by atoms with E-state index in [2.05, 4.69) is 5.32 Å². The van der Waals surface area contributed by atoms with Gasteiger partial charge in [-0.1, -0.05) is 6.42 Å². The summed E-state index contributed by atoms with van der Waals surface area (Å²) in [4.78, 5) is 0. The first-order valence-electron chi connectivity index (χ1n) is 7.68. The standard InChI is InChI=1S/C15H27NO2/c1-17-10-8-16-11-15(13-3-2-4-13)7-9-18-14(15)12-5-6-12/h12-14,16H,2-11H2,1H3. The van der Waals surface area contributed by atoms with Crippen LogP contribution in [0.5, 0.6) is 0 Å². The molecule has 3 aliphatic rings. The summed E-state index contributed by atoms with van der Waals surface area (Å²) < 4.78 is 11.3. The molecule has 0 radical (unpaired) electrons. The first-order valence-corrected chi connectivity index (χ1v) is 7.68. The second-order valence-electron chi connectivity index (χ2n) is 6.41. The van der Waals surface area contributed by atoms with Crippen molar-refractivity contribution in [2.24, 2.45) is 17.3 Å². The highest BCUT2D eigenvalue weighted by molar-refractivity contribution is 5.05. The van der Waals surface area contributed by atoms with Gasteiger partial charge in [0, 0.05) is 32.2 Å². The maximum Gasteiger partial charge on any atom is 0.0675 e. The molecule has 1 saturated heterocycles. The molecule has 104 valence electrons. The van der Waals surface area contributed by atoms with Crippen LogP contribution in [0.25, 0.3) is 0 Å². The van der Waals surface area contributed by atoms with E-state index in [4.69, 9.17) is 9.47 Å². The van der Waals surface area contributed by atoms with Crippen LogP contribution in [0, 0.1) is 17.3 Å². The summed E-state index contributed by atoms with van der Waals surface area (Å²) in [6.45, 7) is 3.92. The fourth-order valence-corrected chi connectivity index (χ4v) is 3.94. The molecule has 0 aromatic rings. The number of nitrogens with one attached hydrogen (secondary N) is 1. The summed E-state index contributed by atoms with van der Waals surface area (Å²) in [5.41, 5.74) is 0.452. The van der Waals surface area contributed by atoms with Gasteiger partial charge in [0.05, 0.1) is 12.7 Å². The highest BCUT2D eigenvalue weighted by Gasteiger charge is 2.55. The van der Waals surface area contributed by atoms with E-state index in [-0.39, 0.29) is 0 Å². The van der Waals surface area contributed by atoms with Gasteiger partial charge in [-0.25, -0.2) is 0 Å². The van der Waals surface area contributed by atoms with Crippen LogP contribution in [0.15, 0.2) is 0 Å². The molecule has 1 heterocycles. The zero-order valence-corrected chi connectivity index (χ0v) is 11.6. The molecular formula is C15H27NO2. The number of rotatable bonds is 7. The lowest BCUT2D eigenvalue weighted by Gasteiger charge is -2.46. The SMILES string of the molecule is COCCNCC1(C2CCC2)CCOC1C1CC1. The molecule has 0 amide bonds. The third-order valence-electron chi connectivity index (χ3n) is 5.34. The zero-order chi connectivity index (χ0) is 12.4. The number of hydrogen-bond acceptors (Lipinski definition) is 3. The van der Waals surface area contributed by atoms with Crippen molar-refractivity contribution in [1.29, 1.82) is 0 Å². The van der Waals surface area contributed by atoms with Crippen molar-refractivity contribution in [2.45, 2.75) is 44.6 Å². The van der Waals surface area contributed by atoms with Crippen molar-refractivity contribution < 1.29 is 9.47 Å². The van der Waals surface area contributed by atoms with Gasteiger partial charge in [-0.15, -0.1) is 0 Å². The molecule has 3 nitrogen and oxygen atoms in total. The lowest BCUT2D eigenvalue weighted by atomic mass is 9.61. The van der Waals surface area contributed by atoms with E-state index in [1.54, 1.807) is 7.11 Å². The van der Waals surface area contributed by atoms with Gasteiger partial charge in [-0.05, 0) is 43.9 Å². The van der Waals surface area contributed by atoms with Crippen LogP contribution in [0.4, 0.5) is 0 Å². The summed E-state index contributed by atoms with van der Waals surface area (Å²) in [7, 11) is 1.77. The molecule has 1 N–H and O–H groups in total. The molecule has 2 atom stereocenters. The molecule has 0 aromatic carbocycles. The van der Waals surface area contributed by atoms with E-state index in [1.165, 1.54) is 38.5 Å². The second-order valence-corrected chi connectivity index (χ2v) is 6.41. The van der Waals surface area contributed by atoms with Crippen molar-refractivity contribution in [3.8, 4) is 0 Å². The minimum atomic E-state index is 0.452. The van der Waals surface area contributed by atoms with Crippen molar-refractivity contribution in [2.75, 3.05) is 33.4 Å². The smallest absolute Gasteiger partial charge is 0.0675 e. The third-order valence-corrected chi connectivity index (χ3v) is 5.34. The molecule has 0 bridgehead atoms. The predicted molar refractivity (Wildman–Crippen MR) is 71.6 cm³/mol. The third kappa shape index (κ3) is 2.33. The molecule has 18 heavy (non-hydrogen) atoms. The quantitative estimate of drug-likeness (QED) is 0.706. The fourth-order valence-electron chi connectivity index (χ4n) is 3.94. The Morgan fingerprint density at radius 2 is 2.11 bits per heavy atom. The van der Waals surface area contributed by atoms with Gasteiger partial charge < -0.3 is 14.8 Å². The summed E-state index contributed by atoms with van der Waals surface area (Å²) in [5.74, 6) is 1.79. The second kappa shape index (κ2) is 5.48. The average Bonchev–Trinajstić information content (AvgIpc) is 3.06. The molecule has 3 fully saturated rings. The molecule has 0 aromatic heterocycles. The van der Waals surface area contributed by atoms with Crippen LogP contribution in [-0.2, 0) is 9.47 Å². The first kappa shape index (κ1) is 12.9. The highest BCUT2D eigenvalue weighted by atomic mass is 16.5. The Bertz CT molecular complexity index is 276. The Morgan fingerprint density at radius 1 is 1.28 bits per heavy atom. The Hall–Kier alpha value is -0.120. The van der Waals surface area contributed by atoms with E-state index in [1.807, 2.05) is 0 Å². The lowest BCUT2D eigenvalue weighted by molar-refractivity contribution is -0.0247. The molecule has 2 aliphatic carbocycles. The number of hydrogen-bond donors (Lipinski definition) is 1. The molecule has 1 aliphatic heterocycles. The number of ether oxygens (including phenoxy) is 2. The maximum absolute atomic E-state index is 6.14. The van der Waals surface area contributed by atoms with Gasteiger partial charge in [-0.3, -0.25) is 0 Å². The number of methoxy groups -OCH3 is 1. The predicted octanol–water partition coefficient (Wildman–Crippen LogP) is 2.21. The van der Waals surface area contributed by atoms with Gasteiger partial charge in [0.1, 0.15) is 0 Å². The highest BCUT2D eigenvalue weighted by Crippen LogP contribution is 2.55. The average molecular weight is 253 g/mol. The fraction of sp³-hybridized carbons (Fsp3) is 1.00. The Balaban J connectivity index is 1.63. The summed E-state index contributed by atoms with van der Waals surface area (Å²) >= 11 is 0. The molecular weight excluding hydrogens is 226 g/mol. The largest absolute Gasteiger partial charge is 0.383 e. The van der Waals surface area contributed by atoms with Crippen LogP contribution in [0.3, 0.4) is 0 Å². The van der Waals surface area contributed by atoms with E-state index >= 15 is 0 Å². The molecule has 2 unspecified atom stereocenters. The van der Waals surface area contributed by atoms with Crippen molar-refractivity contribution in [3.63, 3.8) is 0 Å². The van der Waals surface area contributed by atoms with Gasteiger partial charge in [0.25, 0.3) is 0 Å². The molecule has 0 spiro atoms. The molecule has 2 saturated carbocycles. The molecule has 3 heteroatoms. The topological polar surface area (TPSA) is 30.5 Å². The van der Waals surface area contributed by atoms with Gasteiger partial charge in [0.15, 0.2) is 0 Å². The Kier molecular flexibility index (Phi) is 3.92. The summed E-state index contributed by atoms with van der Waals surface area (Å²) in [5, 5.41) is 3.63. The van der Waals surface area contributed by atoms with Crippen LogP contribution < -0.4 is 5.32 Å². The van der Waals surface area contributed by atoms with E-state index in [0.717, 1.165) is 38.1 Å². The zero-order valence-electron chi connectivity index (χ0n) is 11.6. The lowest BCUT2D eigenvalue weighted by Crippen LogP contribution is -2.49. The van der Waals surface area contributed by atoms with E-state index < -0.39 is 0 Å². The Labute approximate surface area is 111 Å². The van der Waals surface area contributed by atoms with Crippen molar-refractivity contribution in [3.05, 3.63) is 0 Å². The normalized spacial score (nSPS) is 36.8. The van der Waals surface area contributed by atoms with Crippen LogP contribution in [-0.4, -0.2) is 39.5 Å². The van der Waals surface area contributed by atoms with E-state index in [0.29, 0.717) is 11.5 Å². The van der Waals surface area contributed by atoms with Gasteiger partial charge in [-0.2, -0.15) is 0 Å². The minimum Gasteiger partial charge on any atom is -0.383 e. The van der Waals surface area contributed by atoms with Crippen molar-refractivity contribution >= 4 is 0 Å². The van der Waals surface area contributed by atoms with E-state index in [9.17, 15) is 0 Å². The van der Waals surface area contributed by atoms with Crippen LogP contribution >= 0.6 is 0 Å². The first-order chi connectivity index (χ1) is 8.87. The van der Waals surface area contributed by atoms with Crippen LogP contribution in [0.2, 0.25) is 0 Å². The van der Waals surface area contributed by atoms with Gasteiger partial charge in [0.2, 0.25) is 0 Å².